The Hall–Kier alpha value is -7.69. The van der Waals surface area contributed by atoms with E-state index in [9.17, 15) is 0 Å². The molecule has 57 heavy (non-hydrogen) atoms. The summed E-state index contributed by atoms with van der Waals surface area (Å²) in [6.07, 6.45) is 0. The average molecular weight is 726 g/mol. The maximum absolute atomic E-state index is 6.66. The standard InChI is InChI=1S/C53H31N3O/c1-2-12-36-31-39(27-24-32(36)10-1)52-54-51(55-53(56-52)46-20-8-13-34-11-3-4-16-40(34)46)38-15-7-14-37(30-38)33-22-25-35(26-23-33)41-28-29-45-43-18-6-5-17-42(43)44-19-9-21-47-48(44)49(45)50(41)57-47/h1-31H. The lowest BCUT2D eigenvalue weighted by molar-refractivity contribution is 0.670. The zero-order chi connectivity index (χ0) is 37.5. The Morgan fingerprint density at radius 3 is 1.70 bits per heavy atom. The largest absolute Gasteiger partial charge is 0.455 e. The van der Waals surface area contributed by atoms with Crippen molar-refractivity contribution < 1.29 is 4.42 Å². The van der Waals surface area contributed by atoms with E-state index in [4.69, 9.17) is 19.4 Å². The molecular formula is C53H31N3O. The molecule has 0 unspecified atom stereocenters. The van der Waals surface area contributed by atoms with Crippen molar-refractivity contribution in [2.24, 2.45) is 0 Å². The van der Waals surface area contributed by atoms with Gasteiger partial charge in [0.1, 0.15) is 11.2 Å². The maximum Gasteiger partial charge on any atom is 0.164 e. The van der Waals surface area contributed by atoms with Crippen LogP contribution in [0.4, 0.5) is 0 Å². The smallest absolute Gasteiger partial charge is 0.164 e. The number of nitrogens with zero attached hydrogens (tertiary/aromatic N) is 3. The third-order valence-electron chi connectivity index (χ3n) is 11.5. The molecule has 4 nitrogen and oxygen atoms in total. The van der Waals surface area contributed by atoms with Crippen molar-refractivity contribution in [1.29, 1.82) is 0 Å². The van der Waals surface area contributed by atoms with Crippen LogP contribution in [0.25, 0.3) is 121 Å². The zero-order valence-corrected chi connectivity index (χ0v) is 30.6. The van der Waals surface area contributed by atoms with Crippen LogP contribution < -0.4 is 0 Å². The van der Waals surface area contributed by atoms with Crippen LogP contribution in [-0.4, -0.2) is 15.0 Å². The lowest BCUT2D eigenvalue weighted by Crippen LogP contribution is -2.00. The summed E-state index contributed by atoms with van der Waals surface area (Å²) >= 11 is 0. The van der Waals surface area contributed by atoms with Gasteiger partial charge in [-0.2, -0.15) is 0 Å². The minimum Gasteiger partial charge on any atom is -0.455 e. The van der Waals surface area contributed by atoms with Crippen LogP contribution in [0.2, 0.25) is 0 Å². The Morgan fingerprint density at radius 2 is 0.877 bits per heavy atom. The molecule has 0 saturated carbocycles. The summed E-state index contributed by atoms with van der Waals surface area (Å²) in [6, 6.07) is 66.2. The lowest BCUT2D eigenvalue weighted by atomic mass is 9.91. The van der Waals surface area contributed by atoms with Crippen molar-refractivity contribution in [1.82, 2.24) is 15.0 Å². The normalized spacial score (nSPS) is 11.9. The zero-order valence-electron chi connectivity index (χ0n) is 30.6. The molecule has 2 aromatic heterocycles. The van der Waals surface area contributed by atoms with Gasteiger partial charge >= 0.3 is 0 Å². The van der Waals surface area contributed by atoms with E-state index in [0.717, 1.165) is 66.3 Å². The molecule has 2 heterocycles. The van der Waals surface area contributed by atoms with Crippen molar-refractivity contribution in [3.05, 3.63) is 188 Å². The van der Waals surface area contributed by atoms with Crippen molar-refractivity contribution in [3.63, 3.8) is 0 Å². The van der Waals surface area contributed by atoms with Crippen LogP contribution in [-0.2, 0) is 0 Å². The Labute approximate surface area is 327 Å². The molecule has 0 N–H and O–H groups in total. The molecule has 0 aliphatic carbocycles. The monoisotopic (exact) mass is 725 g/mol. The molecule has 264 valence electrons. The molecule has 0 radical (unpaired) electrons. The van der Waals surface area contributed by atoms with E-state index in [0.29, 0.717) is 17.5 Å². The second kappa shape index (κ2) is 12.4. The fraction of sp³-hybridized carbons (Fsp3) is 0. The molecular weight excluding hydrogens is 695 g/mol. The highest BCUT2D eigenvalue weighted by atomic mass is 16.3. The summed E-state index contributed by atoms with van der Waals surface area (Å²) < 4.78 is 6.66. The number of hydrogen-bond acceptors (Lipinski definition) is 4. The molecule has 0 atom stereocenters. The van der Waals surface area contributed by atoms with Crippen molar-refractivity contribution in [2.75, 3.05) is 0 Å². The molecule has 0 amide bonds. The van der Waals surface area contributed by atoms with Gasteiger partial charge in [-0.25, -0.2) is 15.0 Å². The highest BCUT2D eigenvalue weighted by Gasteiger charge is 2.20. The highest BCUT2D eigenvalue weighted by molar-refractivity contribution is 6.34. The number of furan rings is 1. The van der Waals surface area contributed by atoms with Crippen molar-refractivity contribution >= 4 is 65.0 Å². The molecule has 0 fully saturated rings. The Morgan fingerprint density at radius 1 is 0.298 bits per heavy atom. The average Bonchev–Trinajstić information content (AvgIpc) is 3.69. The van der Waals surface area contributed by atoms with Gasteiger partial charge in [0.2, 0.25) is 0 Å². The number of benzene rings is 10. The molecule has 0 spiro atoms. The van der Waals surface area contributed by atoms with Crippen molar-refractivity contribution in [3.8, 4) is 56.4 Å². The molecule has 0 saturated heterocycles. The van der Waals surface area contributed by atoms with Gasteiger partial charge < -0.3 is 4.42 Å². The molecule has 0 aliphatic rings. The first-order chi connectivity index (χ1) is 28.2. The van der Waals surface area contributed by atoms with Crippen LogP contribution in [0, 0.1) is 0 Å². The van der Waals surface area contributed by atoms with Gasteiger partial charge in [-0.1, -0.05) is 164 Å². The van der Waals surface area contributed by atoms with E-state index in [1.54, 1.807) is 0 Å². The molecule has 0 bridgehead atoms. The third kappa shape index (κ3) is 5.04. The summed E-state index contributed by atoms with van der Waals surface area (Å²) in [5.74, 6) is 1.92. The maximum atomic E-state index is 6.66. The minimum absolute atomic E-state index is 0.629. The van der Waals surface area contributed by atoms with E-state index < -0.39 is 0 Å². The molecule has 12 aromatic rings. The summed E-state index contributed by atoms with van der Waals surface area (Å²) in [7, 11) is 0. The lowest BCUT2D eigenvalue weighted by Gasteiger charge is -2.12. The number of fused-ring (bicyclic) bond motifs is 5. The SMILES string of the molecule is c1cc(-c2ccc(-c3ccc4c5ccccc5c5cccc6oc3c4c65)cc2)cc(-c2nc(-c3ccc4ccccc4c3)nc(-c3cccc4ccccc34)n2)c1. The molecule has 0 aliphatic heterocycles. The Balaban J connectivity index is 0.961. The van der Waals surface area contributed by atoms with Crippen molar-refractivity contribution in [2.45, 2.75) is 0 Å². The predicted octanol–water partition coefficient (Wildman–Crippen LogP) is 14.2. The fourth-order valence-corrected chi connectivity index (χ4v) is 8.73. The Kier molecular flexibility index (Phi) is 6.89. The van der Waals surface area contributed by atoms with Crippen LogP contribution in [0.5, 0.6) is 0 Å². The number of rotatable bonds is 5. The number of hydrogen-bond donors (Lipinski definition) is 0. The van der Waals surface area contributed by atoms with Gasteiger partial charge in [0.15, 0.2) is 17.5 Å². The van der Waals surface area contributed by atoms with Crippen LogP contribution in [0.1, 0.15) is 0 Å². The first kappa shape index (κ1) is 31.6. The summed E-state index contributed by atoms with van der Waals surface area (Å²) in [5.41, 5.74) is 9.08. The molecule has 10 aromatic carbocycles. The van der Waals surface area contributed by atoms with Crippen LogP contribution in [0.15, 0.2) is 192 Å². The van der Waals surface area contributed by atoms with Gasteiger partial charge in [-0.15, -0.1) is 0 Å². The van der Waals surface area contributed by atoms with Gasteiger partial charge in [-0.05, 0) is 84.0 Å². The first-order valence-electron chi connectivity index (χ1n) is 19.3. The van der Waals surface area contributed by atoms with E-state index >= 15 is 0 Å². The highest BCUT2D eigenvalue weighted by Crippen LogP contribution is 2.45. The minimum atomic E-state index is 0.629. The molecule has 4 heteroatoms. The van der Waals surface area contributed by atoms with E-state index in [1.807, 2.05) is 0 Å². The number of aromatic nitrogens is 3. The van der Waals surface area contributed by atoms with Gasteiger partial charge in [0, 0.05) is 33.0 Å². The van der Waals surface area contributed by atoms with Crippen LogP contribution >= 0.6 is 0 Å². The van der Waals surface area contributed by atoms with E-state index in [-0.39, 0.29) is 0 Å². The van der Waals surface area contributed by atoms with E-state index in [2.05, 4.69) is 188 Å². The predicted molar refractivity (Wildman–Crippen MR) is 235 cm³/mol. The second-order valence-electron chi connectivity index (χ2n) is 14.7. The topological polar surface area (TPSA) is 51.8 Å². The summed E-state index contributed by atoms with van der Waals surface area (Å²) in [5, 5.41) is 11.9. The van der Waals surface area contributed by atoms with Crippen LogP contribution in [0.3, 0.4) is 0 Å². The molecule has 12 rings (SSSR count). The van der Waals surface area contributed by atoms with Gasteiger partial charge in [0.05, 0.1) is 0 Å². The third-order valence-corrected chi connectivity index (χ3v) is 11.5. The van der Waals surface area contributed by atoms with Gasteiger partial charge in [0.25, 0.3) is 0 Å². The second-order valence-corrected chi connectivity index (χ2v) is 14.7. The van der Waals surface area contributed by atoms with E-state index in [1.165, 1.54) is 37.7 Å². The Bertz CT molecular complexity index is 3520. The fourth-order valence-electron chi connectivity index (χ4n) is 8.73. The quantitative estimate of drug-likeness (QED) is 0.166. The van der Waals surface area contributed by atoms with Gasteiger partial charge in [-0.3, -0.25) is 0 Å². The first-order valence-corrected chi connectivity index (χ1v) is 19.3. The summed E-state index contributed by atoms with van der Waals surface area (Å²) in [4.78, 5) is 15.4. The summed E-state index contributed by atoms with van der Waals surface area (Å²) in [6.45, 7) is 0.